The van der Waals surface area contributed by atoms with Crippen molar-refractivity contribution >= 4 is 29.4 Å². The molecule has 0 spiro atoms. The molecule has 0 aliphatic rings. The Labute approximate surface area is 155 Å². The molecule has 2 N–H and O–H groups in total. The van der Waals surface area contributed by atoms with Crippen LogP contribution in [0.1, 0.15) is 26.3 Å². The first-order chi connectivity index (χ1) is 12.5. The van der Waals surface area contributed by atoms with E-state index in [1.165, 1.54) is 12.1 Å². The number of nitrogens with one attached hydrogen (secondary N) is 2. The van der Waals surface area contributed by atoms with E-state index in [1.54, 1.807) is 43.5 Å². The topological polar surface area (TPSA) is 93.7 Å². The Hall–Kier alpha value is -2.90. The predicted molar refractivity (Wildman–Crippen MR) is 94.5 cm³/mol. The fourth-order valence-electron chi connectivity index (χ4n) is 2.01. The first kappa shape index (κ1) is 19.4. The molecular weight excluding hydrogens is 360 g/mol. The van der Waals surface area contributed by atoms with Crippen molar-refractivity contribution in [3.05, 3.63) is 70.2 Å². The molecule has 0 saturated carbocycles. The van der Waals surface area contributed by atoms with Gasteiger partial charge >= 0.3 is 5.97 Å². The third-order valence-electron chi connectivity index (χ3n) is 3.23. The number of hydrogen-bond donors (Lipinski definition) is 2. The van der Waals surface area contributed by atoms with Gasteiger partial charge in [-0.2, -0.15) is 0 Å². The third-order valence-corrected chi connectivity index (χ3v) is 3.48. The molecule has 26 heavy (non-hydrogen) atoms. The van der Waals surface area contributed by atoms with Crippen LogP contribution >= 0.6 is 11.6 Å². The molecule has 0 heterocycles. The Balaban J connectivity index is 1.79. The van der Waals surface area contributed by atoms with E-state index in [0.29, 0.717) is 22.8 Å². The van der Waals surface area contributed by atoms with Gasteiger partial charge in [-0.05, 0) is 42.0 Å². The number of benzene rings is 2. The van der Waals surface area contributed by atoms with Crippen LogP contribution < -0.4 is 10.9 Å². The lowest BCUT2D eigenvalue weighted by molar-refractivity contribution is -0.125. The van der Waals surface area contributed by atoms with Gasteiger partial charge in [0.1, 0.15) is 0 Å². The van der Waals surface area contributed by atoms with E-state index in [2.05, 4.69) is 10.9 Å². The first-order valence-electron chi connectivity index (χ1n) is 7.59. The van der Waals surface area contributed by atoms with Crippen LogP contribution in [0.4, 0.5) is 0 Å². The van der Waals surface area contributed by atoms with E-state index in [0.717, 1.165) is 5.56 Å². The van der Waals surface area contributed by atoms with Crippen molar-refractivity contribution < 1.29 is 23.9 Å². The second kappa shape index (κ2) is 9.55. The Bertz CT molecular complexity index is 792. The summed E-state index contributed by atoms with van der Waals surface area (Å²) in [4.78, 5) is 35.5. The van der Waals surface area contributed by atoms with Gasteiger partial charge in [0.05, 0.1) is 12.2 Å². The summed E-state index contributed by atoms with van der Waals surface area (Å²) in [5, 5.41) is 0.493. The zero-order valence-electron chi connectivity index (χ0n) is 14.0. The zero-order valence-corrected chi connectivity index (χ0v) is 14.7. The Morgan fingerprint density at radius 2 is 1.73 bits per heavy atom. The molecule has 0 bridgehead atoms. The van der Waals surface area contributed by atoms with Crippen molar-refractivity contribution in [2.45, 2.75) is 6.61 Å². The highest BCUT2D eigenvalue weighted by Crippen LogP contribution is 2.09. The van der Waals surface area contributed by atoms with Gasteiger partial charge < -0.3 is 9.47 Å². The maximum Gasteiger partial charge on any atom is 0.338 e. The molecule has 0 saturated heterocycles. The van der Waals surface area contributed by atoms with Crippen molar-refractivity contribution in [1.29, 1.82) is 0 Å². The number of rotatable bonds is 6. The second-order valence-corrected chi connectivity index (χ2v) is 5.66. The molecule has 2 aromatic carbocycles. The second-order valence-electron chi connectivity index (χ2n) is 5.22. The molecule has 8 heteroatoms. The summed E-state index contributed by atoms with van der Waals surface area (Å²) in [5.74, 6) is -1.84. The minimum absolute atomic E-state index is 0.303. The standard InChI is InChI=1S/C18H17ClN2O5/c1-25-10-12-3-2-4-14(9-12)18(24)26-11-16(22)20-21-17(23)13-5-7-15(19)8-6-13/h2-9H,10-11H2,1H3,(H,20,22)(H,21,23). The summed E-state index contributed by atoms with van der Waals surface area (Å²) in [6.07, 6.45) is 0. The molecule has 0 radical (unpaired) electrons. The molecule has 0 aromatic heterocycles. The molecule has 2 rings (SSSR count). The van der Waals surface area contributed by atoms with Gasteiger partial charge in [-0.1, -0.05) is 23.7 Å². The fraction of sp³-hybridized carbons (Fsp3) is 0.167. The van der Waals surface area contributed by atoms with Crippen LogP contribution in [0.3, 0.4) is 0 Å². The molecule has 0 aliphatic carbocycles. The SMILES string of the molecule is COCc1cccc(C(=O)OCC(=O)NNC(=O)c2ccc(Cl)cc2)c1. The maximum absolute atomic E-state index is 12.0. The van der Waals surface area contributed by atoms with Gasteiger partial charge in [-0.25, -0.2) is 4.79 Å². The number of hydrogen-bond acceptors (Lipinski definition) is 5. The van der Waals surface area contributed by atoms with E-state index in [4.69, 9.17) is 21.1 Å². The molecule has 2 aromatic rings. The van der Waals surface area contributed by atoms with Crippen LogP contribution in [0, 0.1) is 0 Å². The third kappa shape index (κ3) is 5.87. The van der Waals surface area contributed by atoms with Gasteiger partial charge in [0, 0.05) is 17.7 Å². The summed E-state index contributed by atoms with van der Waals surface area (Å²) in [6, 6.07) is 12.8. The fourth-order valence-corrected chi connectivity index (χ4v) is 2.13. The molecule has 2 amide bonds. The van der Waals surface area contributed by atoms with Crippen LogP contribution in [-0.4, -0.2) is 31.5 Å². The molecule has 7 nitrogen and oxygen atoms in total. The smallest absolute Gasteiger partial charge is 0.338 e. The number of halogens is 1. The Kier molecular flexibility index (Phi) is 7.13. The first-order valence-corrected chi connectivity index (χ1v) is 7.97. The van der Waals surface area contributed by atoms with Crippen LogP contribution in [0.5, 0.6) is 0 Å². The number of hydrazine groups is 1. The number of carbonyl (C=O) groups excluding carboxylic acids is 3. The van der Waals surface area contributed by atoms with Gasteiger partial charge in [0.25, 0.3) is 11.8 Å². The molecule has 0 fully saturated rings. The van der Waals surface area contributed by atoms with Crippen molar-refractivity contribution in [2.24, 2.45) is 0 Å². The highest BCUT2D eigenvalue weighted by Gasteiger charge is 2.12. The van der Waals surface area contributed by atoms with Crippen molar-refractivity contribution in [3.63, 3.8) is 0 Å². The Morgan fingerprint density at radius 1 is 1.00 bits per heavy atom. The highest BCUT2D eigenvalue weighted by molar-refractivity contribution is 6.30. The van der Waals surface area contributed by atoms with Crippen LogP contribution in [-0.2, 0) is 20.9 Å². The molecule has 0 unspecified atom stereocenters. The van der Waals surface area contributed by atoms with E-state index >= 15 is 0 Å². The summed E-state index contributed by atoms with van der Waals surface area (Å²) in [6.45, 7) is -0.174. The van der Waals surface area contributed by atoms with Crippen molar-refractivity contribution in [2.75, 3.05) is 13.7 Å². The average Bonchev–Trinajstić information content (AvgIpc) is 2.65. The molecular formula is C18H17ClN2O5. The quantitative estimate of drug-likeness (QED) is 0.595. The summed E-state index contributed by atoms with van der Waals surface area (Å²) >= 11 is 5.74. The lowest BCUT2D eigenvalue weighted by Crippen LogP contribution is -2.43. The van der Waals surface area contributed by atoms with Gasteiger partial charge in [-0.3, -0.25) is 20.4 Å². The summed E-state index contributed by atoms with van der Waals surface area (Å²) in [5.41, 5.74) is 5.81. The normalized spacial score (nSPS) is 10.1. The maximum atomic E-state index is 12.0. The van der Waals surface area contributed by atoms with E-state index < -0.39 is 24.4 Å². The minimum atomic E-state index is -0.672. The predicted octanol–water partition coefficient (Wildman–Crippen LogP) is 2.10. The molecule has 0 atom stereocenters. The van der Waals surface area contributed by atoms with Crippen LogP contribution in [0.15, 0.2) is 48.5 Å². The summed E-state index contributed by atoms with van der Waals surface area (Å²) < 4.78 is 9.91. The van der Waals surface area contributed by atoms with E-state index in [-0.39, 0.29) is 0 Å². The number of esters is 1. The van der Waals surface area contributed by atoms with Crippen molar-refractivity contribution in [1.82, 2.24) is 10.9 Å². The lowest BCUT2D eigenvalue weighted by Gasteiger charge is -2.09. The van der Waals surface area contributed by atoms with Gasteiger partial charge in [0.2, 0.25) is 0 Å². The molecule has 136 valence electrons. The van der Waals surface area contributed by atoms with Gasteiger partial charge in [-0.15, -0.1) is 0 Å². The number of amides is 2. The number of carbonyl (C=O) groups is 3. The largest absolute Gasteiger partial charge is 0.452 e. The van der Waals surface area contributed by atoms with E-state index in [9.17, 15) is 14.4 Å². The van der Waals surface area contributed by atoms with Crippen molar-refractivity contribution in [3.8, 4) is 0 Å². The molecule has 0 aliphatic heterocycles. The highest BCUT2D eigenvalue weighted by atomic mass is 35.5. The monoisotopic (exact) mass is 376 g/mol. The summed E-state index contributed by atoms with van der Waals surface area (Å²) in [7, 11) is 1.55. The van der Waals surface area contributed by atoms with Crippen LogP contribution in [0.25, 0.3) is 0 Å². The number of ether oxygens (including phenoxy) is 2. The number of methoxy groups -OCH3 is 1. The van der Waals surface area contributed by atoms with Crippen LogP contribution in [0.2, 0.25) is 5.02 Å². The van der Waals surface area contributed by atoms with E-state index in [1.807, 2.05) is 0 Å². The minimum Gasteiger partial charge on any atom is -0.452 e. The zero-order chi connectivity index (χ0) is 18.9. The average molecular weight is 377 g/mol. The Morgan fingerprint density at radius 3 is 2.42 bits per heavy atom. The van der Waals surface area contributed by atoms with Gasteiger partial charge in [0.15, 0.2) is 6.61 Å². The lowest BCUT2D eigenvalue weighted by atomic mass is 10.1.